The van der Waals surface area contributed by atoms with Crippen molar-refractivity contribution >= 4 is 61.2 Å². The van der Waals surface area contributed by atoms with Gasteiger partial charge in [0.1, 0.15) is 37.2 Å². The maximum absolute atomic E-state index is 12.7. The molecule has 0 bridgehead atoms. The van der Waals surface area contributed by atoms with Gasteiger partial charge in [-0.2, -0.15) is 4.68 Å². The molecular weight excluding hydrogens is 899 g/mol. The molecule has 0 amide bonds. The van der Waals surface area contributed by atoms with Crippen LogP contribution in [0.5, 0.6) is 11.5 Å². The number of aromatic nitrogens is 10. The summed E-state index contributed by atoms with van der Waals surface area (Å²) in [5.41, 5.74) is 1.82. The summed E-state index contributed by atoms with van der Waals surface area (Å²) in [6.07, 6.45) is 7.47. The number of hydrogen-bond acceptors (Lipinski definition) is 14. The van der Waals surface area contributed by atoms with Gasteiger partial charge < -0.3 is 18.3 Å². The number of fused-ring (bicyclic) bond motifs is 2. The second kappa shape index (κ2) is 21.2. The maximum Gasteiger partial charge on any atom is 0.437 e. The monoisotopic (exact) mass is 934 g/mol. The Bertz CT molecular complexity index is 2980. The summed E-state index contributed by atoms with van der Waals surface area (Å²) >= 11 is 15.0. The largest absolute Gasteiger partial charge is 0.494 e. The zero-order chi connectivity index (χ0) is 43.3. The standard InChI is InChI=1S/C20H18ClN5O4.C11H9N5O3.C9H10BrClO/c1-13-6-7-22-18-17(13)19(27)25(12-23-18)11-16-24-26(20(28)30-16)8-3-9-29-15-5-2-4-14(21)10-15;1-6-2-3-12-9-8(6)10(17)16(5-13-9)4-7-14-15-11(18)19-7;10-5-2-6-12-9-4-1-3-8(11)7-9/h2,4-7,10,12H,3,8-9,11H2,1H3;2-3,5H,4H2,1H3,(H,15,18);1,3-4,7H,2,5-6H2. The third kappa shape index (κ3) is 12.1. The number of benzene rings is 2. The van der Waals surface area contributed by atoms with Crippen molar-refractivity contribution in [2.45, 2.75) is 46.3 Å². The predicted molar refractivity (Wildman–Crippen MR) is 230 cm³/mol. The van der Waals surface area contributed by atoms with E-state index in [0.29, 0.717) is 57.4 Å². The van der Waals surface area contributed by atoms with Gasteiger partial charge in [0, 0.05) is 34.2 Å². The van der Waals surface area contributed by atoms with Gasteiger partial charge in [-0.25, -0.2) is 34.6 Å². The van der Waals surface area contributed by atoms with Crippen molar-refractivity contribution in [1.82, 2.24) is 49.0 Å². The Kier molecular flexibility index (Phi) is 15.3. The van der Waals surface area contributed by atoms with E-state index < -0.39 is 11.5 Å². The highest BCUT2D eigenvalue weighted by Crippen LogP contribution is 2.18. The van der Waals surface area contributed by atoms with Crippen molar-refractivity contribution in [3.05, 3.63) is 160 Å². The summed E-state index contributed by atoms with van der Waals surface area (Å²) in [6.45, 7) is 5.09. The number of nitrogens with zero attached hydrogens (tertiary/aromatic N) is 9. The lowest BCUT2D eigenvalue weighted by Crippen LogP contribution is -2.22. The Labute approximate surface area is 363 Å². The summed E-state index contributed by atoms with van der Waals surface area (Å²) < 4.78 is 24.8. The lowest BCUT2D eigenvalue weighted by molar-refractivity contribution is 0.296. The van der Waals surface area contributed by atoms with E-state index >= 15 is 0 Å². The number of alkyl halides is 1. The third-order valence-electron chi connectivity index (χ3n) is 8.53. The minimum absolute atomic E-state index is 0.00262. The first-order chi connectivity index (χ1) is 29.5. The first kappa shape index (κ1) is 44.1. The van der Waals surface area contributed by atoms with Gasteiger partial charge in [-0.3, -0.25) is 18.7 Å². The number of aryl methyl sites for hydroxylation is 3. The molecule has 0 atom stereocenters. The molecule has 6 heterocycles. The van der Waals surface area contributed by atoms with Gasteiger partial charge in [0.2, 0.25) is 11.8 Å². The second-order valence-corrected chi connectivity index (χ2v) is 14.7. The average Bonchev–Trinajstić information content (AvgIpc) is 3.82. The Balaban J connectivity index is 0.000000171. The van der Waals surface area contributed by atoms with E-state index in [1.807, 2.05) is 38.1 Å². The minimum Gasteiger partial charge on any atom is -0.494 e. The molecule has 0 radical (unpaired) electrons. The molecule has 0 saturated carbocycles. The van der Waals surface area contributed by atoms with Crippen LogP contribution >= 0.6 is 39.1 Å². The van der Waals surface area contributed by atoms with E-state index in [-0.39, 0.29) is 36.0 Å². The summed E-state index contributed by atoms with van der Waals surface area (Å²) in [5.74, 6) is 0.490. The first-order valence-electron chi connectivity index (χ1n) is 18.5. The lowest BCUT2D eigenvalue weighted by Gasteiger charge is -2.06. The van der Waals surface area contributed by atoms with Crippen LogP contribution in [0, 0.1) is 13.8 Å². The van der Waals surface area contributed by atoms with Crippen LogP contribution in [0.15, 0.2) is 114 Å². The molecule has 0 spiro atoms. The van der Waals surface area contributed by atoms with Crippen LogP contribution in [0.4, 0.5) is 0 Å². The van der Waals surface area contributed by atoms with E-state index in [1.54, 1.807) is 48.8 Å². The number of pyridine rings is 2. The molecule has 316 valence electrons. The summed E-state index contributed by atoms with van der Waals surface area (Å²) in [5, 5.41) is 13.1. The van der Waals surface area contributed by atoms with Gasteiger partial charge in [0.15, 0.2) is 11.3 Å². The van der Waals surface area contributed by atoms with Gasteiger partial charge in [0.25, 0.3) is 11.1 Å². The molecule has 8 aromatic rings. The topological polar surface area (TPSA) is 221 Å². The second-order valence-electron chi connectivity index (χ2n) is 13.0. The Morgan fingerprint density at radius 1 is 0.705 bits per heavy atom. The fourth-order valence-corrected chi connectivity index (χ4v) is 6.20. The average molecular weight is 937 g/mol. The van der Waals surface area contributed by atoms with E-state index in [1.165, 1.54) is 26.5 Å². The van der Waals surface area contributed by atoms with E-state index in [2.05, 4.69) is 51.2 Å². The smallest absolute Gasteiger partial charge is 0.437 e. The number of aromatic amines is 1. The fraction of sp³-hybridized carbons (Fsp3) is 0.250. The van der Waals surface area contributed by atoms with Gasteiger partial charge in [-0.15, -0.1) is 10.2 Å². The van der Waals surface area contributed by atoms with Crippen LogP contribution < -0.4 is 32.1 Å². The van der Waals surface area contributed by atoms with Crippen molar-refractivity contribution < 1.29 is 18.3 Å². The number of ether oxygens (including phenoxy) is 2. The highest BCUT2D eigenvalue weighted by molar-refractivity contribution is 9.09. The molecule has 0 aliphatic rings. The molecule has 21 heteroatoms. The van der Waals surface area contributed by atoms with Crippen molar-refractivity contribution in [2.24, 2.45) is 0 Å². The van der Waals surface area contributed by atoms with Gasteiger partial charge in [-0.05, 0) is 79.9 Å². The van der Waals surface area contributed by atoms with E-state index in [0.717, 1.165) is 35.2 Å². The SMILES string of the molecule is Cc1ccnc2ncn(Cc3n[nH]c(=O)o3)c(=O)c12.Cc1ccnc2ncn(Cc3nn(CCCOc4cccc(Cl)c4)c(=O)o3)c(=O)c12.Clc1cccc(OCCCBr)c1. The third-order valence-corrected chi connectivity index (χ3v) is 9.56. The summed E-state index contributed by atoms with van der Waals surface area (Å²) in [6, 6.07) is 18.0. The summed E-state index contributed by atoms with van der Waals surface area (Å²) in [7, 11) is 0. The molecule has 0 unspecified atom stereocenters. The van der Waals surface area contributed by atoms with Crippen LogP contribution in [0.2, 0.25) is 10.0 Å². The normalized spacial score (nSPS) is 10.8. The molecule has 0 aliphatic heterocycles. The van der Waals surface area contributed by atoms with Gasteiger partial charge in [-0.1, -0.05) is 51.3 Å². The highest BCUT2D eigenvalue weighted by Gasteiger charge is 2.13. The molecule has 0 fully saturated rings. The molecule has 8 rings (SSSR count). The number of nitrogens with one attached hydrogen (secondary N) is 1. The lowest BCUT2D eigenvalue weighted by atomic mass is 10.2. The maximum atomic E-state index is 12.7. The van der Waals surface area contributed by atoms with Crippen LogP contribution in [0.25, 0.3) is 22.1 Å². The number of rotatable bonds is 13. The van der Waals surface area contributed by atoms with Crippen LogP contribution in [0.3, 0.4) is 0 Å². The Morgan fingerprint density at radius 2 is 1.25 bits per heavy atom. The molecular formula is C40H37BrCl2N10O8. The molecule has 6 aromatic heterocycles. The summed E-state index contributed by atoms with van der Waals surface area (Å²) in [4.78, 5) is 64.3. The number of hydrogen-bond donors (Lipinski definition) is 1. The molecule has 18 nitrogen and oxygen atoms in total. The fourth-order valence-electron chi connectivity index (χ4n) is 5.62. The predicted octanol–water partition coefficient (Wildman–Crippen LogP) is 5.75. The molecule has 0 aliphatic carbocycles. The van der Waals surface area contributed by atoms with E-state index in [9.17, 15) is 19.2 Å². The van der Waals surface area contributed by atoms with E-state index in [4.69, 9.17) is 41.5 Å². The van der Waals surface area contributed by atoms with Crippen molar-refractivity contribution in [2.75, 3.05) is 18.5 Å². The number of H-pyrrole nitrogens is 1. The van der Waals surface area contributed by atoms with Crippen LogP contribution in [0.1, 0.15) is 35.7 Å². The quantitative estimate of drug-likeness (QED) is 0.108. The van der Waals surface area contributed by atoms with Gasteiger partial charge >= 0.3 is 11.5 Å². The Hall–Kier alpha value is -6.44. The minimum atomic E-state index is -0.658. The molecule has 2 aromatic carbocycles. The van der Waals surface area contributed by atoms with Gasteiger partial charge in [0.05, 0.1) is 30.5 Å². The zero-order valence-corrected chi connectivity index (χ0v) is 35.8. The van der Waals surface area contributed by atoms with Crippen LogP contribution in [-0.4, -0.2) is 67.6 Å². The molecule has 0 saturated heterocycles. The molecule has 1 N–H and O–H groups in total. The molecule has 61 heavy (non-hydrogen) atoms. The van der Waals surface area contributed by atoms with Crippen molar-refractivity contribution in [3.63, 3.8) is 0 Å². The van der Waals surface area contributed by atoms with Crippen molar-refractivity contribution in [3.8, 4) is 11.5 Å². The Morgan fingerprint density at radius 3 is 1.75 bits per heavy atom. The first-order valence-corrected chi connectivity index (χ1v) is 20.4. The highest BCUT2D eigenvalue weighted by atomic mass is 79.9. The zero-order valence-electron chi connectivity index (χ0n) is 32.7. The number of halogens is 3. The van der Waals surface area contributed by atoms with Crippen LogP contribution in [-0.2, 0) is 19.6 Å². The van der Waals surface area contributed by atoms with Crippen molar-refractivity contribution in [1.29, 1.82) is 0 Å².